The molecule has 0 aliphatic carbocycles. The zero-order valence-electron chi connectivity index (χ0n) is 10.4. The number of ether oxygens (including phenoxy) is 2. The van der Waals surface area contributed by atoms with Gasteiger partial charge in [-0.1, -0.05) is 0 Å². The van der Waals surface area contributed by atoms with E-state index in [2.05, 4.69) is 0 Å². The van der Waals surface area contributed by atoms with Crippen LogP contribution in [0, 0.1) is 0 Å². The number of aliphatic hydroxyl groups excluding tert-OH is 3. The fourth-order valence-electron chi connectivity index (χ4n) is 1.77. The third-order valence-corrected chi connectivity index (χ3v) is 3.04. The molecule has 3 unspecified atom stereocenters. The first-order valence-corrected chi connectivity index (χ1v) is 5.77. The van der Waals surface area contributed by atoms with E-state index in [-0.39, 0.29) is 13.0 Å². The summed E-state index contributed by atoms with van der Waals surface area (Å²) in [6.45, 7) is 4.53. The fourth-order valence-corrected chi connectivity index (χ4v) is 1.77. The molecule has 102 valence electrons. The standard InChI is InChI=1S/C11H22O6/c1-6(12)8(13)5-16-9-4-11(3,15)10(14)7(2)17-9/h6-10,12-15H,4-5H2,1-3H3/t6?,7?,8-,9-,10-,11?/m1/s1. The van der Waals surface area contributed by atoms with E-state index in [0.717, 1.165) is 0 Å². The maximum absolute atomic E-state index is 9.94. The second-order valence-corrected chi connectivity index (χ2v) is 4.92. The Kier molecular flexibility index (Phi) is 4.88. The van der Waals surface area contributed by atoms with Crippen LogP contribution in [0.2, 0.25) is 0 Å². The van der Waals surface area contributed by atoms with Gasteiger partial charge < -0.3 is 29.9 Å². The summed E-state index contributed by atoms with van der Waals surface area (Å²) in [6.07, 6.45) is -3.98. The highest BCUT2D eigenvalue weighted by molar-refractivity contribution is 4.90. The van der Waals surface area contributed by atoms with Gasteiger partial charge >= 0.3 is 0 Å². The number of hydrogen-bond donors (Lipinski definition) is 4. The molecule has 1 rings (SSSR count). The third kappa shape index (κ3) is 3.87. The quantitative estimate of drug-likeness (QED) is 0.510. The summed E-state index contributed by atoms with van der Waals surface area (Å²) < 4.78 is 10.6. The molecular weight excluding hydrogens is 228 g/mol. The molecule has 1 aliphatic heterocycles. The van der Waals surface area contributed by atoms with Crippen molar-refractivity contribution in [2.24, 2.45) is 0 Å². The summed E-state index contributed by atoms with van der Waals surface area (Å²) in [5, 5.41) is 38.1. The predicted octanol–water partition coefficient (Wildman–Crippen LogP) is -1.01. The normalized spacial score (nSPS) is 42.2. The molecule has 1 aliphatic rings. The molecule has 6 atom stereocenters. The number of hydrogen-bond acceptors (Lipinski definition) is 6. The minimum atomic E-state index is -1.28. The highest BCUT2D eigenvalue weighted by Gasteiger charge is 2.43. The van der Waals surface area contributed by atoms with Gasteiger partial charge in [-0.15, -0.1) is 0 Å². The first-order valence-electron chi connectivity index (χ1n) is 5.77. The van der Waals surface area contributed by atoms with Gasteiger partial charge in [0.1, 0.15) is 12.2 Å². The Hall–Kier alpha value is -0.240. The number of rotatable bonds is 4. The van der Waals surface area contributed by atoms with Crippen LogP contribution in [0.15, 0.2) is 0 Å². The van der Waals surface area contributed by atoms with Crippen LogP contribution in [0.25, 0.3) is 0 Å². The molecule has 0 aromatic heterocycles. The van der Waals surface area contributed by atoms with Gasteiger partial charge in [0.05, 0.1) is 24.4 Å². The lowest BCUT2D eigenvalue weighted by Gasteiger charge is -2.42. The summed E-state index contributed by atoms with van der Waals surface area (Å²) in [5.74, 6) is 0. The Bertz CT molecular complexity index is 242. The van der Waals surface area contributed by atoms with Gasteiger partial charge in [-0.3, -0.25) is 0 Å². The average Bonchev–Trinajstić information content (AvgIpc) is 2.21. The molecule has 0 spiro atoms. The molecule has 1 saturated heterocycles. The lowest BCUT2D eigenvalue weighted by Crippen LogP contribution is -2.55. The molecule has 0 aromatic carbocycles. The monoisotopic (exact) mass is 250 g/mol. The zero-order chi connectivity index (χ0) is 13.2. The second kappa shape index (κ2) is 5.60. The molecule has 6 heteroatoms. The topological polar surface area (TPSA) is 99.4 Å². The van der Waals surface area contributed by atoms with Crippen LogP contribution in [0.5, 0.6) is 0 Å². The molecule has 0 saturated carbocycles. The van der Waals surface area contributed by atoms with Crippen molar-refractivity contribution in [3.63, 3.8) is 0 Å². The Morgan fingerprint density at radius 3 is 2.53 bits per heavy atom. The van der Waals surface area contributed by atoms with Gasteiger partial charge in [-0.05, 0) is 20.8 Å². The number of aliphatic hydroxyl groups is 4. The molecule has 6 nitrogen and oxygen atoms in total. The lowest BCUT2D eigenvalue weighted by molar-refractivity contribution is -0.277. The summed E-state index contributed by atoms with van der Waals surface area (Å²) in [7, 11) is 0. The van der Waals surface area contributed by atoms with Crippen molar-refractivity contribution in [3.8, 4) is 0 Å². The van der Waals surface area contributed by atoms with Crippen molar-refractivity contribution < 1.29 is 29.9 Å². The van der Waals surface area contributed by atoms with Crippen LogP contribution in [-0.2, 0) is 9.47 Å². The van der Waals surface area contributed by atoms with Crippen molar-refractivity contribution >= 4 is 0 Å². The molecule has 0 aromatic rings. The van der Waals surface area contributed by atoms with Gasteiger partial charge in [0.2, 0.25) is 0 Å². The average molecular weight is 250 g/mol. The van der Waals surface area contributed by atoms with Crippen LogP contribution in [0.3, 0.4) is 0 Å². The molecule has 4 N–H and O–H groups in total. The molecule has 0 radical (unpaired) electrons. The van der Waals surface area contributed by atoms with Crippen LogP contribution in [0.1, 0.15) is 27.2 Å². The van der Waals surface area contributed by atoms with E-state index in [1.165, 1.54) is 13.8 Å². The molecular formula is C11H22O6. The smallest absolute Gasteiger partial charge is 0.161 e. The van der Waals surface area contributed by atoms with E-state index in [9.17, 15) is 15.3 Å². The van der Waals surface area contributed by atoms with E-state index in [1.54, 1.807) is 6.92 Å². The minimum absolute atomic E-state index is 0.0821. The summed E-state index contributed by atoms with van der Waals surface area (Å²) in [6, 6.07) is 0. The van der Waals surface area contributed by atoms with E-state index < -0.39 is 36.3 Å². The highest BCUT2D eigenvalue weighted by atomic mass is 16.7. The van der Waals surface area contributed by atoms with Gasteiger partial charge in [-0.25, -0.2) is 0 Å². The molecule has 17 heavy (non-hydrogen) atoms. The molecule has 1 heterocycles. The highest BCUT2D eigenvalue weighted by Crippen LogP contribution is 2.29. The molecule has 1 fully saturated rings. The third-order valence-electron chi connectivity index (χ3n) is 3.04. The predicted molar refractivity (Wildman–Crippen MR) is 59.2 cm³/mol. The van der Waals surface area contributed by atoms with E-state index >= 15 is 0 Å². The SMILES string of the molecule is CC(O)[C@H](O)CO[C@H]1CC(C)(O)[C@H](O)C(C)O1. The van der Waals surface area contributed by atoms with Gasteiger partial charge in [-0.2, -0.15) is 0 Å². The first-order chi connectivity index (χ1) is 7.74. The van der Waals surface area contributed by atoms with Crippen molar-refractivity contribution in [1.82, 2.24) is 0 Å². The molecule has 0 bridgehead atoms. The lowest BCUT2D eigenvalue weighted by atomic mass is 9.89. The Balaban J connectivity index is 2.46. The van der Waals surface area contributed by atoms with E-state index in [0.29, 0.717) is 0 Å². The van der Waals surface area contributed by atoms with Crippen molar-refractivity contribution in [2.45, 2.75) is 63.5 Å². The fraction of sp³-hybridized carbons (Fsp3) is 1.00. The van der Waals surface area contributed by atoms with Crippen molar-refractivity contribution in [3.05, 3.63) is 0 Å². The summed E-state index contributed by atoms with van der Waals surface area (Å²) in [4.78, 5) is 0. The van der Waals surface area contributed by atoms with Crippen molar-refractivity contribution in [1.29, 1.82) is 0 Å². The Morgan fingerprint density at radius 2 is 2.06 bits per heavy atom. The van der Waals surface area contributed by atoms with E-state index in [1.807, 2.05) is 0 Å². The van der Waals surface area contributed by atoms with E-state index in [4.69, 9.17) is 14.6 Å². The summed E-state index contributed by atoms with van der Waals surface area (Å²) >= 11 is 0. The minimum Gasteiger partial charge on any atom is -0.391 e. The Morgan fingerprint density at radius 1 is 1.47 bits per heavy atom. The Labute approximate surface area is 101 Å². The van der Waals surface area contributed by atoms with Crippen LogP contribution in [-0.4, -0.2) is 63.3 Å². The maximum atomic E-state index is 9.94. The van der Waals surface area contributed by atoms with Gasteiger partial charge in [0.25, 0.3) is 0 Å². The molecule has 0 amide bonds. The van der Waals surface area contributed by atoms with Gasteiger partial charge in [0, 0.05) is 6.42 Å². The first kappa shape index (κ1) is 14.8. The zero-order valence-corrected chi connectivity index (χ0v) is 10.4. The second-order valence-electron chi connectivity index (χ2n) is 4.92. The summed E-state index contributed by atoms with van der Waals surface area (Å²) in [5.41, 5.74) is -1.28. The van der Waals surface area contributed by atoms with Crippen LogP contribution < -0.4 is 0 Å². The van der Waals surface area contributed by atoms with Crippen LogP contribution >= 0.6 is 0 Å². The van der Waals surface area contributed by atoms with Crippen LogP contribution in [0.4, 0.5) is 0 Å². The van der Waals surface area contributed by atoms with Gasteiger partial charge in [0.15, 0.2) is 6.29 Å². The largest absolute Gasteiger partial charge is 0.391 e. The van der Waals surface area contributed by atoms with Crippen molar-refractivity contribution in [2.75, 3.05) is 6.61 Å². The maximum Gasteiger partial charge on any atom is 0.161 e.